The van der Waals surface area contributed by atoms with E-state index in [0.717, 1.165) is 0 Å². The number of anilines is 1. The highest BCUT2D eigenvalue weighted by Gasteiger charge is 2.12. The van der Waals surface area contributed by atoms with Crippen LogP contribution in [0, 0.1) is 0 Å². The highest BCUT2D eigenvalue weighted by atomic mass is 35.5. The molecule has 0 aliphatic carbocycles. The summed E-state index contributed by atoms with van der Waals surface area (Å²) in [6.45, 7) is 2.53. The quantitative estimate of drug-likeness (QED) is 0.757. The second-order valence-electron chi connectivity index (χ2n) is 4.34. The van der Waals surface area contributed by atoms with Gasteiger partial charge in [0, 0.05) is 25.3 Å². The molecule has 5 nitrogen and oxygen atoms in total. The number of carbonyl (C=O) groups is 1. The Morgan fingerprint density at radius 1 is 1.35 bits per heavy atom. The minimum absolute atomic E-state index is 0.194. The SMILES string of the molecule is COCCOc1c(Cl)cc(NC(=O)CC(C)N)cc1Cl. The van der Waals surface area contributed by atoms with Crippen LogP contribution in [0.15, 0.2) is 12.1 Å². The van der Waals surface area contributed by atoms with Gasteiger partial charge < -0.3 is 20.5 Å². The third kappa shape index (κ3) is 5.54. The van der Waals surface area contributed by atoms with Crippen molar-refractivity contribution in [1.82, 2.24) is 0 Å². The molecule has 0 bridgehead atoms. The molecular formula is C13H18Cl2N2O3. The summed E-state index contributed by atoms with van der Waals surface area (Å²) < 4.78 is 10.3. The lowest BCUT2D eigenvalue weighted by atomic mass is 10.2. The number of benzene rings is 1. The van der Waals surface area contributed by atoms with Crippen LogP contribution in [0.3, 0.4) is 0 Å². The van der Waals surface area contributed by atoms with Gasteiger partial charge in [-0.1, -0.05) is 23.2 Å². The first-order valence-electron chi connectivity index (χ1n) is 6.10. The van der Waals surface area contributed by atoms with Crippen molar-refractivity contribution >= 4 is 34.8 Å². The number of hydrogen-bond acceptors (Lipinski definition) is 4. The lowest BCUT2D eigenvalue weighted by Gasteiger charge is -2.12. The van der Waals surface area contributed by atoms with Gasteiger partial charge in [0.2, 0.25) is 5.91 Å². The second kappa shape index (κ2) is 8.32. The van der Waals surface area contributed by atoms with Crippen LogP contribution in [0.4, 0.5) is 5.69 Å². The van der Waals surface area contributed by atoms with Crippen molar-refractivity contribution in [3.63, 3.8) is 0 Å². The molecule has 20 heavy (non-hydrogen) atoms. The maximum Gasteiger partial charge on any atom is 0.225 e. The highest BCUT2D eigenvalue weighted by Crippen LogP contribution is 2.36. The highest BCUT2D eigenvalue weighted by molar-refractivity contribution is 6.37. The molecule has 7 heteroatoms. The standard InChI is InChI=1S/C13H18Cl2N2O3/c1-8(16)5-12(18)17-9-6-10(14)13(11(15)7-9)20-4-3-19-2/h6-8H,3-5,16H2,1-2H3,(H,17,18). The Labute approximate surface area is 128 Å². The van der Waals surface area contributed by atoms with Gasteiger partial charge in [-0.2, -0.15) is 0 Å². The van der Waals surface area contributed by atoms with Gasteiger partial charge in [-0.25, -0.2) is 0 Å². The van der Waals surface area contributed by atoms with Gasteiger partial charge in [0.15, 0.2) is 5.75 Å². The van der Waals surface area contributed by atoms with E-state index in [1.54, 1.807) is 26.2 Å². The van der Waals surface area contributed by atoms with Gasteiger partial charge in [-0.15, -0.1) is 0 Å². The van der Waals surface area contributed by atoms with E-state index in [2.05, 4.69) is 5.32 Å². The third-order valence-corrected chi connectivity index (χ3v) is 2.88. The molecule has 0 spiro atoms. The van der Waals surface area contributed by atoms with Gasteiger partial charge in [0.05, 0.1) is 16.7 Å². The molecular weight excluding hydrogens is 303 g/mol. The van der Waals surface area contributed by atoms with Crippen molar-refractivity contribution < 1.29 is 14.3 Å². The molecule has 1 atom stereocenters. The molecule has 3 N–H and O–H groups in total. The Kier molecular flexibility index (Phi) is 7.09. The summed E-state index contributed by atoms with van der Waals surface area (Å²) in [6.07, 6.45) is 0.224. The normalized spacial score (nSPS) is 12.1. The number of nitrogens with one attached hydrogen (secondary N) is 1. The number of nitrogens with two attached hydrogens (primary N) is 1. The topological polar surface area (TPSA) is 73.6 Å². The molecule has 0 fully saturated rings. The van der Waals surface area contributed by atoms with Gasteiger partial charge in [-0.05, 0) is 19.1 Å². The van der Waals surface area contributed by atoms with Crippen LogP contribution < -0.4 is 15.8 Å². The fraction of sp³-hybridized carbons (Fsp3) is 0.462. The molecule has 1 amide bonds. The van der Waals surface area contributed by atoms with Gasteiger partial charge in [-0.3, -0.25) is 4.79 Å². The van der Waals surface area contributed by atoms with Gasteiger partial charge >= 0.3 is 0 Å². The van der Waals surface area contributed by atoms with Crippen LogP contribution in [-0.2, 0) is 9.53 Å². The fourth-order valence-corrected chi connectivity index (χ4v) is 2.10. The molecule has 1 aromatic rings. The second-order valence-corrected chi connectivity index (χ2v) is 5.15. The minimum atomic E-state index is -0.211. The Hall–Kier alpha value is -1.01. The zero-order chi connectivity index (χ0) is 15.1. The van der Waals surface area contributed by atoms with Crippen LogP contribution in [0.25, 0.3) is 0 Å². The summed E-state index contributed by atoms with van der Waals surface area (Å²) in [6, 6.07) is 2.95. The van der Waals surface area contributed by atoms with E-state index in [4.69, 9.17) is 38.4 Å². The molecule has 0 aliphatic rings. The average Bonchev–Trinajstić information content (AvgIpc) is 2.31. The lowest BCUT2D eigenvalue weighted by molar-refractivity contribution is -0.116. The van der Waals surface area contributed by atoms with Crippen LogP contribution in [0.5, 0.6) is 5.75 Å². The number of rotatable bonds is 7. The van der Waals surface area contributed by atoms with Crippen molar-refractivity contribution in [3.8, 4) is 5.75 Å². The fourth-order valence-electron chi connectivity index (χ4n) is 1.50. The Balaban J connectivity index is 2.74. The van der Waals surface area contributed by atoms with E-state index in [0.29, 0.717) is 34.7 Å². The van der Waals surface area contributed by atoms with E-state index in [1.165, 1.54) is 0 Å². The van der Waals surface area contributed by atoms with E-state index < -0.39 is 0 Å². The number of ether oxygens (including phenoxy) is 2. The van der Waals surface area contributed by atoms with Gasteiger partial charge in [0.25, 0.3) is 0 Å². The zero-order valence-electron chi connectivity index (χ0n) is 11.4. The number of halogens is 2. The molecule has 0 heterocycles. The molecule has 0 saturated carbocycles. The number of carbonyl (C=O) groups excluding carboxylic acids is 1. The Bertz CT molecular complexity index is 444. The van der Waals surface area contributed by atoms with Crippen LogP contribution in [0.1, 0.15) is 13.3 Å². The molecule has 1 unspecified atom stereocenters. The average molecular weight is 321 g/mol. The van der Waals surface area contributed by atoms with E-state index in [9.17, 15) is 4.79 Å². The summed E-state index contributed by atoms with van der Waals surface area (Å²) in [5, 5.41) is 3.33. The summed E-state index contributed by atoms with van der Waals surface area (Å²) in [5.41, 5.74) is 6.06. The first-order chi connectivity index (χ1) is 9.43. The maximum absolute atomic E-state index is 11.6. The third-order valence-electron chi connectivity index (χ3n) is 2.32. The molecule has 0 radical (unpaired) electrons. The van der Waals surface area contributed by atoms with Crippen molar-refractivity contribution in [2.24, 2.45) is 5.73 Å². The van der Waals surface area contributed by atoms with Crippen molar-refractivity contribution in [2.75, 3.05) is 25.6 Å². The predicted octanol–water partition coefficient (Wildman–Crippen LogP) is 2.69. The zero-order valence-corrected chi connectivity index (χ0v) is 12.9. The molecule has 0 aliphatic heterocycles. The number of hydrogen-bond donors (Lipinski definition) is 2. The smallest absolute Gasteiger partial charge is 0.225 e. The van der Waals surface area contributed by atoms with E-state index in [-0.39, 0.29) is 18.4 Å². The van der Waals surface area contributed by atoms with Crippen LogP contribution >= 0.6 is 23.2 Å². The number of methoxy groups -OCH3 is 1. The molecule has 0 aromatic heterocycles. The predicted molar refractivity (Wildman–Crippen MR) is 80.7 cm³/mol. The molecule has 1 rings (SSSR count). The lowest BCUT2D eigenvalue weighted by Crippen LogP contribution is -2.24. The molecule has 1 aromatic carbocycles. The first-order valence-corrected chi connectivity index (χ1v) is 6.85. The Morgan fingerprint density at radius 3 is 2.45 bits per heavy atom. The summed E-state index contributed by atoms with van der Waals surface area (Å²) in [5.74, 6) is 0.177. The number of amides is 1. The van der Waals surface area contributed by atoms with E-state index >= 15 is 0 Å². The van der Waals surface area contributed by atoms with Crippen molar-refractivity contribution in [2.45, 2.75) is 19.4 Å². The van der Waals surface area contributed by atoms with E-state index in [1.807, 2.05) is 0 Å². The summed E-state index contributed by atoms with van der Waals surface area (Å²) >= 11 is 12.2. The Morgan fingerprint density at radius 2 is 1.95 bits per heavy atom. The molecule has 112 valence electrons. The van der Waals surface area contributed by atoms with Crippen molar-refractivity contribution in [1.29, 1.82) is 0 Å². The maximum atomic E-state index is 11.6. The summed E-state index contributed by atoms with van der Waals surface area (Å²) in [7, 11) is 1.57. The van der Waals surface area contributed by atoms with Gasteiger partial charge in [0.1, 0.15) is 6.61 Å². The van der Waals surface area contributed by atoms with Crippen LogP contribution in [-0.4, -0.2) is 32.3 Å². The largest absolute Gasteiger partial charge is 0.488 e. The van der Waals surface area contributed by atoms with Crippen LogP contribution in [0.2, 0.25) is 10.0 Å². The van der Waals surface area contributed by atoms with Crippen molar-refractivity contribution in [3.05, 3.63) is 22.2 Å². The monoisotopic (exact) mass is 320 g/mol. The first kappa shape index (κ1) is 17.0. The summed E-state index contributed by atoms with van der Waals surface area (Å²) in [4.78, 5) is 11.6. The molecule has 0 saturated heterocycles. The minimum Gasteiger partial charge on any atom is -0.488 e.